The second-order valence-corrected chi connectivity index (χ2v) is 7.12. The second kappa shape index (κ2) is 6.72. The van der Waals surface area contributed by atoms with Gasteiger partial charge in [0, 0.05) is 11.9 Å². The van der Waals surface area contributed by atoms with E-state index in [4.69, 9.17) is 46.4 Å². The van der Waals surface area contributed by atoms with Gasteiger partial charge >= 0.3 is 0 Å². The first-order valence-electron chi connectivity index (χ1n) is 6.20. The molecule has 0 unspecified atom stereocenters. The van der Waals surface area contributed by atoms with Gasteiger partial charge < -0.3 is 0 Å². The highest BCUT2D eigenvalue weighted by atomic mass is 35.5. The minimum atomic E-state index is -1.95. The van der Waals surface area contributed by atoms with Gasteiger partial charge in [0.15, 0.2) is 11.6 Å². The summed E-state index contributed by atoms with van der Waals surface area (Å²) < 4.78 is 54.2. The third kappa shape index (κ3) is 2.73. The van der Waals surface area contributed by atoms with Crippen molar-refractivity contribution in [3.63, 3.8) is 0 Å². The van der Waals surface area contributed by atoms with Crippen LogP contribution < -0.4 is 0 Å². The van der Waals surface area contributed by atoms with Crippen LogP contribution in [0.2, 0.25) is 20.1 Å². The zero-order chi connectivity index (χ0) is 19.5. The number of carbonyl (C=O) groups is 2. The third-order valence-electron chi connectivity index (χ3n) is 3.20. The van der Waals surface area contributed by atoms with E-state index in [2.05, 4.69) is 4.98 Å². The van der Waals surface area contributed by atoms with Crippen molar-refractivity contribution in [3.05, 3.63) is 54.7 Å². The largest absolute Gasteiger partial charge is 0.273 e. The SMILES string of the molecule is O=C1c2c(Cl)c(Cl)c(Cl)c(Cl)c2C(=O)N1Sc1c(F)c(F)nc(F)c1F. The van der Waals surface area contributed by atoms with Gasteiger partial charge in [-0.15, -0.1) is 0 Å². The number of hydrogen-bond acceptors (Lipinski definition) is 4. The summed E-state index contributed by atoms with van der Waals surface area (Å²) in [7, 11) is 0. The van der Waals surface area contributed by atoms with Crippen molar-refractivity contribution >= 4 is 70.2 Å². The molecule has 4 nitrogen and oxygen atoms in total. The van der Waals surface area contributed by atoms with Crippen LogP contribution in [0, 0.1) is 23.5 Å². The second-order valence-electron chi connectivity index (χ2n) is 4.65. The van der Waals surface area contributed by atoms with Crippen molar-refractivity contribution in [2.24, 2.45) is 0 Å². The molecule has 26 heavy (non-hydrogen) atoms. The van der Waals surface area contributed by atoms with E-state index in [1.54, 1.807) is 0 Å². The van der Waals surface area contributed by atoms with Gasteiger partial charge in [-0.1, -0.05) is 46.4 Å². The lowest BCUT2D eigenvalue weighted by Crippen LogP contribution is -2.23. The number of imide groups is 1. The highest BCUT2D eigenvalue weighted by Gasteiger charge is 2.43. The van der Waals surface area contributed by atoms with Crippen LogP contribution in [-0.4, -0.2) is 21.1 Å². The molecule has 0 saturated heterocycles. The molecule has 2 aromatic rings. The topological polar surface area (TPSA) is 50.3 Å². The Morgan fingerprint density at radius 3 is 1.50 bits per heavy atom. The van der Waals surface area contributed by atoms with E-state index in [1.165, 1.54) is 0 Å². The molecule has 1 aromatic heterocycles. The Bertz CT molecular complexity index is 948. The van der Waals surface area contributed by atoms with Crippen LogP contribution in [-0.2, 0) is 0 Å². The van der Waals surface area contributed by atoms with Gasteiger partial charge in [-0.25, -0.2) is 13.1 Å². The number of halogens is 8. The Balaban J connectivity index is 2.14. The summed E-state index contributed by atoms with van der Waals surface area (Å²) in [5.41, 5.74) is -0.918. The summed E-state index contributed by atoms with van der Waals surface area (Å²) in [5, 5.41) is -1.46. The number of carbonyl (C=O) groups excluding carboxylic acids is 2. The maximum Gasteiger partial charge on any atom is 0.273 e. The van der Waals surface area contributed by atoms with Crippen LogP contribution in [0.1, 0.15) is 20.7 Å². The van der Waals surface area contributed by atoms with E-state index < -0.39 is 61.4 Å². The van der Waals surface area contributed by atoms with Crippen LogP contribution in [0.15, 0.2) is 4.90 Å². The lowest BCUT2D eigenvalue weighted by atomic mass is 10.1. The van der Waals surface area contributed by atoms with E-state index >= 15 is 0 Å². The molecule has 0 spiro atoms. The summed E-state index contributed by atoms with van der Waals surface area (Å²) in [6, 6.07) is 0. The van der Waals surface area contributed by atoms with E-state index in [0.29, 0.717) is 0 Å². The molecule has 136 valence electrons. The van der Waals surface area contributed by atoms with E-state index in [1.807, 2.05) is 0 Å². The van der Waals surface area contributed by atoms with Crippen molar-refractivity contribution in [1.29, 1.82) is 0 Å². The molecular formula is C13Cl4F4N2O2S. The zero-order valence-corrected chi connectivity index (χ0v) is 15.5. The maximum atomic E-state index is 13.8. The van der Waals surface area contributed by atoms with Crippen LogP contribution in [0.4, 0.5) is 17.6 Å². The van der Waals surface area contributed by atoms with Gasteiger partial charge in [-0.05, 0) is 0 Å². The monoisotopic (exact) mass is 464 g/mol. The number of benzene rings is 1. The minimum Gasteiger partial charge on any atom is -0.268 e. The lowest BCUT2D eigenvalue weighted by molar-refractivity contribution is 0.0777. The van der Waals surface area contributed by atoms with Gasteiger partial charge in [-0.2, -0.15) is 13.8 Å². The minimum absolute atomic E-state index is 0.205. The number of aromatic nitrogens is 1. The third-order valence-corrected chi connectivity index (χ3v) is 6.06. The Labute approximate surface area is 166 Å². The van der Waals surface area contributed by atoms with Crippen LogP contribution in [0.25, 0.3) is 0 Å². The van der Waals surface area contributed by atoms with Crippen LogP contribution in [0.3, 0.4) is 0 Å². The number of amides is 2. The zero-order valence-electron chi connectivity index (χ0n) is 11.6. The van der Waals surface area contributed by atoms with Gasteiger partial charge in [0.25, 0.3) is 23.7 Å². The predicted octanol–water partition coefficient (Wildman–Crippen LogP) is 5.55. The Kier molecular flexibility index (Phi) is 5.04. The molecule has 2 amide bonds. The predicted molar refractivity (Wildman–Crippen MR) is 86.9 cm³/mol. The summed E-state index contributed by atoms with van der Waals surface area (Å²) >= 11 is 23.2. The fourth-order valence-corrected chi connectivity index (χ4v) is 3.93. The number of pyridine rings is 1. The fourth-order valence-electron chi connectivity index (χ4n) is 2.05. The van der Waals surface area contributed by atoms with Gasteiger partial charge in [0.2, 0.25) is 0 Å². The van der Waals surface area contributed by atoms with Crippen LogP contribution in [0.5, 0.6) is 0 Å². The molecule has 0 fully saturated rings. The highest BCUT2D eigenvalue weighted by molar-refractivity contribution is 7.98. The number of hydrogen-bond donors (Lipinski definition) is 0. The smallest absolute Gasteiger partial charge is 0.268 e. The van der Waals surface area contributed by atoms with Crippen molar-refractivity contribution in [2.45, 2.75) is 4.90 Å². The molecule has 0 atom stereocenters. The fraction of sp³-hybridized carbons (Fsp3) is 0. The summed E-state index contributed by atoms with van der Waals surface area (Å²) in [4.78, 5) is 25.9. The number of rotatable bonds is 2. The lowest BCUT2D eigenvalue weighted by Gasteiger charge is -2.13. The molecule has 0 N–H and O–H groups in total. The maximum absolute atomic E-state index is 13.8. The van der Waals surface area contributed by atoms with Crippen molar-refractivity contribution < 1.29 is 27.2 Å². The molecule has 0 aliphatic carbocycles. The summed E-state index contributed by atoms with van der Waals surface area (Å²) in [6.45, 7) is 0. The van der Waals surface area contributed by atoms with E-state index in [9.17, 15) is 27.2 Å². The standard InChI is InChI=1S/C13Cl4F4N2O2S/c14-3-1-2(4(15)6(17)5(3)16)13(25)23(12(1)24)26-9-7(18)10(20)22-11(21)8(9)19. The van der Waals surface area contributed by atoms with Gasteiger partial charge in [0.1, 0.15) is 4.90 Å². The molecule has 2 heterocycles. The van der Waals surface area contributed by atoms with Gasteiger partial charge in [-0.3, -0.25) is 9.59 Å². The molecule has 0 saturated carbocycles. The average molecular weight is 466 g/mol. The first-order valence-corrected chi connectivity index (χ1v) is 8.49. The Morgan fingerprint density at radius 1 is 0.731 bits per heavy atom. The van der Waals surface area contributed by atoms with Crippen molar-refractivity contribution in [2.75, 3.05) is 0 Å². The molecule has 0 radical (unpaired) electrons. The molecule has 3 rings (SSSR count). The highest BCUT2D eigenvalue weighted by Crippen LogP contribution is 2.47. The molecular weight excluding hydrogens is 466 g/mol. The Hall–Kier alpha value is -1.26. The average Bonchev–Trinajstić information content (AvgIpc) is 2.84. The molecule has 13 heteroatoms. The van der Waals surface area contributed by atoms with E-state index in [0.717, 1.165) is 0 Å². The van der Waals surface area contributed by atoms with Gasteiger partial charge in [0.05, 0.1) is 31.2 Å². The van der Waals surface area contributed by atoms with Crippen molar-refractivity contribution in [3.8, 4) is 0 Å². The number of nitrogens with zero attached hydrogens (tertiary/aromatic N) is 2. The van der Waals surface area contributed by atoms with Crippen molar-refractivity contribution in [1.82, 2.24) is 9.29 Å². The molecule has 1 aliphatic heterocycles. The molecule has 1 aromatic carbocycles. The molecule has 0 bridgehead atoms. The quantitative estimate of drug-likeness (QED) is 0.145. The Morgan fingerprint density at radius 2 is 1.12 bits per heavy atom. The van der Waals surface area contributed by atoms with Crippen LogP contribution >= 0.6 is 58.4 Å². The first-order chi connectivity index (χ1) is 12.1. The summed E-state index contributed by atoms with van der Waals surface area (Å²) in [5.74, 6) is -10.00. The normalized spacial score (nSPS) is 13.6. The summed E-state index contributed by atoms with van der Waals surface area (Å²) in [6.07, 6.45) is 0. The molecule has 1 aliphatic rings. The first kappa shape index (κ1) is 19.5. The number of fused-ring (bicyclic) bond motifs is 1. The van der Waals surface area contributed by atoms with E-state index in [-0.39, 0.29) is 26.3 Å².